The Morgan fingerprint density at radius 1 is 1.31 bits per heavy atom. The van der Waals surface area contributed by atoms with Crippen LogP contribution in [-0.2, 0) is 16.1 Å². The van der Waals surface area contributed by atoms with Crippen molar-refractivity contribution in [2.75, 3.05) is 13.6 Å². The molecule has 3 rings (SSSR count). The first-order chi connectivity index (χ1) is 15.0. The van der Waals surface area contributed by atoms with Gasteiger partial charge in [0, 0.05) is 6.54 Å². The molecule has 1 aromatic carbocycles. The number of rotatable bonds is 6. The van der Waals surface area contributed by atoms with Crippen molar-refractivity contribution < 1.29 is 19.1 Å². The van der Waals surface area contributed by atoms with Crippen molar-refractivity contribution in [2.45, 2.75) is 58.6 Å². The average molecular weight is 463 g/mol. The van der Waals surface area contributed by atoms with Crippen LogP contribution in [0.4, 0.5) is 4.39 Å². The number of carbonyl (C=O) groups is 2. The van der Waals surface area contributed by atoms with E-state index in [1.54, 1.807) is 23.9 Å². The molecule has 1 aromatic heterocycles. The van der Waals surface area contributed by atoms with Gasteiger partial charge in [-0.15, -0.1) is 11.3 Å². The molecule has 2 aromatic rings. The van der Waals surface area contributed by atoms with Gasteiger partial charge in [0.2, 0.25) is 11.8 Å². The van der Waals surface area contributed by atoms with Gasteiger partial charge >= 0.3 is 0 Å². The van der Waals surface area contributed by atoms with Crippen molar-refractivity contribution in [3.05, 3.63) is 41.0 Å². The van der Waals surface area contributed by atoms with E-state index in [-0.39, 0.29) is 13.1 Å². The Kier molecular flexibility index (Phi) is 7.32. The molecule has 9 heteroatoms. The molecule has 174 valence electrons. The number of nitrogens with zero attached hydrogens (tertiary/aromatic N) is 2. The van der Waals surface area contributed by atoms with E-state index in [9.17, 15) is 19.1 Å². The van der Waals surface area contributed by atoms with E-state index in [4.69, 9.17) is 0 Å². The molecular weight excluding hydrogens is 431 g/mol. The largest absolute Gasteiger partial charge is 0.388 e. The fourth-order valence-corrected chi connectivity index (χ4v) is 4.86. The average Bonchev–Trinajstić information content (AvgIpc) is 3.29. The van der Waals surface area contributed by atoms with Crippen LogP contribution in [0.2, 0.25) is 0 Å². The van der Waals surface area contributed by atoms with Gasteiger partial charge in [0.15, 0.2) is 6.17 Å². The summed E-state index contributed by atoms with van der Waals surface area (Å²) in [4.78, 5) is 32.5. The van der Waals surface area contributed by atoms with Gasteiger partial charge in [-0.1, -0.05) is 45.0 Å². The summed E-state index contributed by atoms with van der Waals surface area (Å²) in [5.41, 5.74) is 4.21. The van der Waals surface area contributed by atoms with Gasteiger partial charge in [-0.2, -0.15) is 0 Å². The molecular formula is C23H31FN4O3S. The van der Waals surface area contributed by atoms with E-state index in [2.05, 4.69) is 15.6 Å². The van der Waals surface area contributed by atoms with Gasteiger partial charge in [0.25, 0.3) is 0 Å². The number of hydrogen-bond donors (Lipinski definition) is 3. The highest BCUT2D eigenvalue weighted by Crippen LogP contribution is 2.29. The number of aryl methyl sites for hydroxylation is 1. The van der Waals surface area contributed by atoms with Crippen LogP contribution in [0.3, 0.4) is 0 Å². The summed E-state index contributed by atoms with van der Waals surface area (Å²) >= 11 is 1.56. The molecule has 0 aliphatic carbocycles. The van der Waals surface area contributed by atoms with Crippen LogP contribution in [0.1, 0.15) is 32.0 Å². The number of benzene rings is 1. The van der Waals surface area contributed by atoms with Gasteiger partial charge in [-0.3, -0.25) is 9.59 Å². The number of amides is 2. The van der Waals surface area contributed by atoms with Crippen molar-refractivity contribution >= 4 is 23.2 Å². The number of nitrogens with one attached hydrogen (secondary N) is 2. The Labute approximate surface area is 192 Å². The Morgan fingerprint density at radius 3 is 2.50 bits per heavy atom. The highest BCUT2D eigenvalue weighted by molar-refractivity contribution is 7.13. The van der Waals surface area contributed by atoms with E-state index >= 15 is 0 Å². The Bertz CT molecular complexity index is 957. The number of β-amino-alcohol motifs (C(OH)–C–C–N with tert-alkyl or cyclic N) is 1. The first-order valence-corrected chi connectivity index (χ1v) is 11.5. The molecule has 1 saturated heterocycles. The van der Waals surface area contributed by atoms with E-state index < -0.39 is 41.6 Å². The monoisotopic (exact) mass is 462 g/mol. The van der Waals surface area contributed by atoms with Crippen LogP contribution in [0.15, 0.2) is 29.8 Å². The van der Waals surface area contributed by atoms with Crippen molar-refractivity contribution in [3.8, 4) is 10.4 Å². The number of alkyl halides is 1. The van der Waals surface area contributed by atoms with Crippen molar-refractivity contribution in [1.29, 1.82) is 0 Å². The first kappa shape index (κ1) is 24.3. The molecule has 1 aliphatic rings. The minimum absolute atomic E-state index is 0.191. The molecule has 3 N–H and O–H groups in total. The Morgan fingerprint density at radius 2 is 1.97 bits per heavy atom. The zero-order valence-electron chi connectivity index (χ0n) is 19.1. The van der Waals surface area contributed by atoms with Gasteiger partial charge in [-0.05, 0) is 30.5 Å². The third kappa shape index (κ3) is 5.00. The highest BCUT2D eigenvalue weighted by atomic mass is 32.1. The lowest BCUT2D eigenvalue weighted by Gasteiger charge is -2.34. The maximum atomic E-state index is 14.8. The van der Waals surface area contributed by atoms with Crippen LogP contribution in [0, 0.1) is 12.3 Å². The minimum atomic E-state index is -1.84. The molecule has 7 nitrogen and oxygen atoms in total. The lowest BCUT2D eigenvalue weighted by Crippen LogP contribution is -2.57. The summed E-state index contributed by atoms with van der Waals surface area (Å²) in [5.74, 6) is -1.02. The maximum absolute atomic E-state index is 14.8. The molecule has 0 spiro atoms. The van der Waals surface area contributed by atoms with Gasteiger partial charge < -0.3 is 20.6 Å². The second kappa shape index (κ2) is 9.64. The Balaban J connectivity index is 1.69. The van der Waals surface area contributed by atoms with Crippen LogP contribution < -0.4 is 10.6 Å². The van der Waals surface area contributed by atoms with Gasteiger partial charge in [0.1, 0.15) is 12.1 Å². The summed E-state index contributed by atoms with van der Waals surface area (Å²) in [5, 5.41) is 15.7. The zero-order valence-corrected chi connectivity index (χ0v) is 19.9. The number of thiazole rings is 1. The number of hydrogen-bond acceptors (Lipinski definition) is 6. The summed E-state index contributed by atoms with van der Waals surface area (Å²) < 4.78 is 14.8. The lowest BCUT2D eigenvalue weighted by atomic mass is 9.86. The number of aliphatic hydroxyl groups is 1. The third-order valence-electron chi connectivity index (χ3n) is 5.77. The number of halogens is 1. The fourth-order valence-electron chi connectivity index (χ4n) is 4.05. The standard InChI is InChI=1S/C23H31FN4O3S/c1-13-19(32-12-27-13)15-8-6-14(7-9-15)10-26-21(30)18-17(24)16(29)11-28(18)22(31)20(25-5)23(2,3)4/h6-9,12,16-18,20,25,29H,10-11H2,1-5H3,(H,26,30)/t16-,17-,18?,20+/m0/s1. The van der Waals surface area contributed by atoms with Crippen molar-refractivity contribution in [2.24, 2.45) is 5.41 Å². The molecule has 1 unspecified atom stereocenters. The van der Waals surface area contributed by atoms with E-state index in [1.807, 2.05) is 52.0 Å². The molecule has 0 saturated carbocycles. The molecule has 2 amide bonds. The highest BCUT2D eigenvalue weighted by Gasteiger charge is 2.50. The molecule has 4 atom stereocenters. The predicted octanol–water partition coefficient (Wildman–Crippen LogP) is 2.28. The fraction of sp³-hybridized carbons (Fsp3) is 0.522. The smallest absolute Gasteiger partial charge is 0.246 e. The molecule has 0 radical (unpaired) electrons. The first-order valence-electron chi connectivity index (χ1n) is 10.6. The number of aromatic nitrogens is 1. The van der Waals surface area contributed by atoms with E-state index in [0.29, 0.717) is 0 Å². The number of carbonyl (C=O) groups excluding carboxylic acids is 2. The topological polar surface area (TPSA) is 94.6 Å². The number of likely N-dealkylation sites (N-methyl/N-ethyl adjacent to an activating group) is 1. The molecule has 0 bridgehead atoms. The molecule has 1 aliphatic heterocycles. The molecule has 1 fully saturated rings. The summed E-state index contributed by atoms with van der Waals surface area (Å²) in [6.07, 6.45) is -3.23. The number of aliphatic hydroxyl groups excluding tert-OH is 1. The molecule has 32 heavy (non-hydrogen) atoms. The normalized spacial score (nSPS) is 22.1. The quantitative estimate of drug-likeness (QED) is 0.612. The maximum Gasteiger partial charge on any atom is 0.246 e. The van der Waals surface area contributed by atoms with Crippen molar-refractivity contribution in [1.82, 2.24) is 20.5 Å². The van der Waals surface area contributed by atoms with Crippen molar-refractivity contribution in [3.63, 3.8) is 0 Å². The van der Waals surface area contributed by atoms with E-state index in [1.165, 1.54) is 0 Å². The summed E-state index contributed by atoms with van der Waals surface area (Å²) in [6.45, 7) is 7.59. The number of likely N-dealkylation sites (tertiary alicyclic amines) is 1. The van der Waals surface area contributed by atoms with Crippen LogP contribution in [0.5, 0.6) is 0 Å². The minimum Gasteiger partial charge on any atom is -0.388 e. The second-order valence-electron chi connectivity index (χ2n) is 9.22. The van der Waals surface area contributed by atoms with Crippen LogP contribution >= 0.6 is 11.3 Å². The van der Waals surface area contributed by atoms with Gasteiger partial charge in [0.05, 0.1) is 28.7 Å². The second-order valence-corrected chi connectivity index (χ2v) is 10.1. The van der Waals surface area contributed by atoms with Crippen LogP contribution in [-0.4, -0.2) is 64.8 Å². The zero-order chi connectivity index (χ0) is 23.6. The molecule has 2 heterocycles. The SMILES string of the molecule is CN[C@H](C(=O)N1C[C@H](O)[C@H](F)C1C(=O)NCc1ccc(-c2scnc2C)cc1)C(C)(C)C. The van der Waals surface area contributed by atoms with E-state index in [0.717, 1.165) is 26.6 Å². The predicted molar refractivity (Wildman–Crippen MR) is 123 cm³/mol. The Hall–Kier alpha value is -2.36. The lowest BCUT2D eigenvalue weighted by molar-refractivity contribution is -0.143. The summed E-state index contributed by atoms with van der Waals surface area (Å²) in [6, 6.07) is 5.72. The van der Waals surface area contributed by atoms with Gasteiger partial charge in [-0.25, -0.2) is 9.37 Å². The van der Waals surface area contributed by atoms with Crippen LogP contribution in [0.25, 0.3) is 10.4 Å². The summed E-state index contributed by atoms with van der Waals surface area (Å²) in [7, 11) is 1.65. The third-order valence-corrected chi connectivity index (χ3v) is 6.75.